The van der Waals surface area contributed by atoms with Crippen molar-refractivity contribution in [2.24, 2.45) is 5.41 Å². The van der Waals surface area contributed by atoms with E-state index < -0.39 is 17.2 Å². The molecule has 106 valence electrons. The Kier molecular flexibility index (Phi) is 3.85. The second kappa shape index (κ2) is 5.28. The van der Waals surface area contributed by atoms with E-state index in [9.17, 15) is 9.18 Å². The van der Waals surface area contributed by atoms with Crippen molar-refractivity contribution in [2.75, 3.05) is 0 Å². The van der Waals surface area contributed by atoms with Gasteiger partial charge in [0.1, 0.15) is 5.82 Å². The van der Waals surface area contributed by atoms with Crippen LogP contribution in [0.5, 0.6) is 0 Å². The number of aliphatic carboxylic acids is 1. The van der Waals surface area contributed by atoms with E-state index in [1.54, 1.807) is 19.9 Å². The Morgan fingerprint density at radius 3 is 2.85 bits per heavy atom. The first-order valence-corrected chi connectivity index (χ1v) is 6.55. The molecule has 0 fully saturated rings. The summed E-state index contributed by atoms with van der Waals surface area (Å²) in [6.07, 6.45) is 0. The molecule has 6 nitrogen and oxygen atoms in total. The number of rotatable bonds is 4. The molecule has 0 aliphatic carbocycles. The van der Waals surface area contributed by atoms with E-state index in [2.05, 4.69) is 31.5 Å². The van der Waals surface area contributed by atoms with Gasteiger partial charge in [0, 0.05) is 10.0 Å². The van der Waals surface area contributed by atoms with Gasteiger partial charge in [0.15, 0.2) is 5.82 Å². The van der Waals surface area contributed by atoms with E-state index >= 15 is 0 Å². The molecule has 0 unspecified atom stereocenters. The van der Waals surface area contributed by atoms with Gasteiger partial charge < -0.3 is 5.11 Å². The lowest BCUT2D eigenvalue weighted by molar-refractivity contribution is -0.147. The standard InChI is InChI=1S/C12H12BrFN4O2/c1-12(2,11(19)20)6-18-10(15-16-17-18)8-5-7(14)3-4-9(8)13/h3-5H,6H2,1-2H3,(H,19,20). The van der Waals surface area contributed by atoms with Crippen LogP contribution in [0.25, 0.3) is 11.4 Å². The first kappa shape index (κ1) is 14.6. The predicted octanol–water partition coefficient (Wildman–Crippen LogP) is 2.35. The third-order valence-electron chi connectivity index (χ3n) is 2.83. The van der Waals surface area contributed by atoms with Gasteiger partial charge >= 0.3 is 5.97 Å². The van der Waals surface area contributed by atoms with Crippen molar-refractivity contribution in [1.82, 2.24) is 20.2 Å². The van der Waals surface area contributed by atoms with Gasteiger partial charge in [0.25, 0.3) is 0 Å². The normalized spacial score (nSPS) is 11.6. The zero-order valence-electron chi connectivity index (χ0n) is 10.8. The van der Waals surface area contributed by atoms with E-state index in [4.69, 9.17) is 5.11 Å². The minimum Gasteiger partial charge on any atom is -0.481 e. The van der Waals surface area contributed by atoms with Gasteiger partial charge in [-0.15, -0.1) is 5.10 Å². The molecule has 0 amide bonds. The van der Waals surface area contributed by atoms with Gasteiger partial charge in [-0.05, 0) is 42.5 Å². The first-order chi connectivity index (χ1) is 9.31. The average Bonchev–Trinajstić information content (AvgIpc) is 2.79. The van der Waals surface area contributed by atoms with Crippen molar-refractivity contribution < 1.29 is 14.3 Å². The van der Waals surface area contributed by atoms with Gasteiger partial charge in [0.2, 0.25) is 0 Å². The highest BCUT2D eigenvalue weighted by Gasteiger charge is 2.30. The number of carboxylic acid groups (broad SMARTS) is 1. The van der Waals surface area contributed by atoms with Crippen LogP contribution >= 0.6 is 15.9 Å². The molecule has 8 heteroatoms. The van der Waals surface area contributed by atoms with Crippen LogP contribution < -0.4 is 0 Å². The van der Waals surface area contributed by atoms with Crippen LogP contribution in [0.1, 0.15) is 13.8 Å². The van der Waals surface area contributed by atoms with Crippen LogP contribution in [-0.4, -0.2) is 31.3 Å². The molecular formula is C12H12BrFN4O2. The molecule has 0 saturated carbocycles. The average molecular weight is 343 g/mol. The molecular weight excluding hydrogens is 331 g/mol. The molecule has 1 aromatic carbocycles. The summed E-state index contributed by atoms with van der Waals surface area (Å²) >= 11 is 3.30. The molecule has 0 aliphatic rings. The highest BCUT2D eigenvalue weighted by molar-refractivity contribution is 9.10. The molecule has 0 aliphatic heterocycles. The van der Waals surface area contributed by atoms with Crippen molar-refractivity contribution in [2.45, 2.75) is 20.4 Å². The topological polar surface area (TPSA) is 80.9 Å². The third-order valence-corrected chi connectivity index (χ3v) is 3.52. The van der Waals surface area contributed by atoms with E-state index in [-0.39, 0.29) is 6.54 Å². The zero-order chi connectivity index (χ0) is 14.9. The Labute approximate surface area is 122 Å². The minimum atomic E-state index is -1.04. The summed E-state index contributed by atoms with van der Waals surface area (Å²) in [5.74, 6) is -1.07. The fraction of sp³-hybridized carbons (Fsp3) is 0.333. The number of carbonyl (C=O) groups is 1. The maximum atomic E-state index is 13.3. The quantitative estimate of drug-likeness (QED) is 0.922. The Balaban J connectivity index is 2.43. The van der Waals surface area contributed by atoms with Crippen molar-refractivity contribution >= 4 is 21.9 Å². The number of aromatic nitrogens is 4. The SMILES string of the molecule is CC(C)(Cn1nnnc1-c1cc(F)ccc1Br)C(=O)O. The fourth-order valence-electron chi connectivity index (χ4n) is 1.61. The van der Waals surface area contributed by atoms with Gasteiger partial charge in [-0.3, -0.25) is 4.79 Å². The van der Waals surface area contributed by atoms with Crippen LogP contribution in [0.3, 0.4) is 0 Å². The molecule has 0 spiro atoms. The third kappa shape index (κ3) is 2.84. The summed E-state index contributed by atoms with van der Waals surface area (Å²) in [7, 11) is 0. The Morgan fingerprint density at radius 2 is 2.20 bits per heavy atom. The largest absolute Gasteiger partial charge is 0.481 e. The lowest BCUT2D eigenvalue weighted by Gasteiger charge is -2.19. The van der Waals surface area contributed by atoms with Gasteiger partial charge in [0.05, 0.1) is 12.0 Å². The molecule has 1 heterocycles. The summed E-state index contributed by atoms with van der Waals surface area (Å²) in [5, 5.41) is 20.3. The van der Waals surface area contributed by atoms with Crippen molar-refractivity contribution in [3.05, 3.63) is 28.5 Å². The summed E-state index contributed by atoms with van der Waals surface area (Å²) in [6, 6.07) is 4.15. The molecule has 1 N–H and O–H groups in total. The van der Waals surface area contributed by atoms with E-state index in [1.807, 2.05) is 0 Å². The smallest absolute Gasteiger partial charge is 0.310 e. The molecule has 1 aromatic heterocycles. The van der Waals surface area contributed by atoms with Crippen molar-refractivity contribution in [3.8, 4) is 11.4 Å². The number of benzene rings is 1. The van der Waals surface area contributed by atoms with E-state index in [0.29, 0.717) is 15.9 Å². The molecule has 0 saturated heterocycles. The van der Waals surface area contributed by atoms with Crippen LogP contribution in [0.4, 0.5) is 4.39 Å². The summed E-state index contributed by atoms with van der Waals surface area (Å²) in [6.45, 7) is 3.22. The highest BCUT2D eigenvalue weighted by Crippen LogP contribution is 2.28. The maximum absolute atomic E-state index is 13.3. The van der Waals surface area contributed by atoms with Gasteiger partial charge in [-0.25, -0.2) is 9.07 Å². The number of carboxylic acids is 1. The monoisotopic (exact) mass is 342 g/mol. The predicted molar refractivity (Wildman–Crippen MR) is 72.3 cm³/mol. The lowest BCUT2D eigenvalue weighted by Crippen LogP contribution is -2.30. The number of halogens is 2. The second-order valence-electron chi connectivity index (χ2n) is 4.97. The van der Waals surface area contributed by atoms with E-state index in [0.717, 1.165) is 0 Å². The molecule has 2 rings (SSSR count). The number of hydrogen-bond acceptors (Lipinski definition) is 4. The van der Waals surface area contributed by atoms with Gasteiger partial charge in [-0.2, -0.15) is 0 Å². The van der Waals surface area contributed by atoms with E-state index in [1.165, 1.54) is 16.8 Å². The zero-order valence-corrected chi connectivity index (χ0v) is 12.4. The van der Waals surface area contributed by atoms with Gasteiger partial charge in [-0.1, -0.05) is 15.9 Å². The maximum Gasteiger partial charge on any atom is 0.310 e. The van der Waals surface area contributed by atoms with Crippen LogP contribution in [0, 0.1) is 11.2 Å². The second-order valence-corrected chi connectivity index (χ2v) is 5.83. The van der Waals surface area contributed by atoms with Crippen LogP contribution in [0.2, 0.25) is 0 Å². The van der Waals surface area contributed by atoms with Crippen LogP contribution in [-0.2, 0) is 11.3 Å². The van der Waals surface area contributed by atoms with Crippen molar-refractivity contribution in [3.63, 3.8) is 0 Å². The molecule has 2 aromatic rings. The number of hydrogen-bond donors (Lipinski definition) is 1. The number of nitrogens with zero attached hydrogens (tertiary/aromatic N) is 4. The molecule has 0 bridgehead atoms. The molecule has 20 heavy (non-hydrogen) atoms. The van der Waals surface area contributed by atoms with Crippen molar-refractivity contribution in [1.29, 1.82) is 0 Å². The molecule has 0 radical (unpaired) electrons. The lowest BCUT2D eigenvalue weighted by atomic mass is 9.94. The Hall–Kier alpha value is -1.83. The summed E-state index contributed by atoms with van der Waals surface area (Å²) in [5.41, 5.74) is -0.569. The first-order valence-electron chi connectivity index (χ1n) is 5.76. The molecule has 0 atom stereocenters. The highest BCUT2D eigenvalue weighted by atomic mass is 79.9. The number of tetrazole rings is 1. The Bertz CT molecular complexity index is 657. The van der Waals surface area contributed by atoms with Crippen LogP contribution in [0.15, 0.2) is 22.7 Å². The minimum absolute atomic E-state index is 0.0770. The summed E-state index contributed by atoms with van der Waals surface area (Å²) in [4.78, 5) is 11.2. The Morgan fingerprint density at radius 1 is 1.50 bits per heavy atom. The summed E-state index contributed by atoms with van der Waals surface area (Å²) < 4.78 is 15.3. The fourth-order valence-corrected chi connectivity index (χ4v) is 2.04.